The van der Waals surface area contributed by atoms with Gasteiger partial charge in [0.15, 0.2) is 5.82 Å². The second-order valence-corrected chi connectivity index (χ2v) is 3.97. The lowest BCUT2D eigenvalue weighted by Crippen LogP contribution is -2.14. The molecule has 0 aliphatic rings. The van der Waals surface area contributed by atoms with Gasteiger partial charge in [0.2, 0.25) is 0 Å². The van der Waals surface area contributed by atoms with E-state index in [-0.39, 0.29) is 22.1 Å². The lowest BCUT2D eigenvalue weighted by Gasteiger charge is -2.13. The van der Waals surface area contributed by atoms with Gasteiger partial charge in [0, 0.05) is 13.7 Å². The van der Waals surface area contributed by atoms with E-state index in [1.54, 1.807) is 7.11 Å². The summed E-state index contributed by atoms with van der Waals surface area (Å²) in [6.45, 7) is 1.82. The van der Waals surface area contributed by atoms with Crippen molar-refractivity contribution in [3.63, 3.8) is 0 Å². The van der Waals surface area contributed by atoms with Crippen LogP contribution in [0.5, 0.6) is 0 Å². The standard InChI is InChI=1S/C11H17ClFN3O2/c1-17-4-5-18-3-2-16-11-8(15)6-7(14)9(12)10(11)13/h6,16H,2-5,14-15H2,1H3. The molecular formula is C11H17ClFN3O2. The largest absolute Gasteiger partial charge is 0.397 e. The van der Waals surface area contributed by atoms with Crippen LogP contribution < -0.4 is 16.8 Å². The summed E-state index contributed by atoms with van der Waals surface area (Å²) in [6, 6.07) is 1.42. The number of nitrogens with one attached hydrogen (secondary N) is 1. The molecular weight excluding hydrogens is 261 g/mol. The summed E-state index contributed by atoms with van der Waals surface area (Å²) in [7, 11) is 1.59. The third-order valence-corrected chi connectivity index (χ3v) is 2.63. The first-order chi connectivity index (χ1) is 8.57. The van der Waals surface area contributed by atoms with E-state index in [9.17, 15) is 4.39 Å². The van der Waals surface area contributed by atoms with Crippen molar-refractivity contribution in [2.45, 2.75) is 0 Å². The third kappa shape index (κ3) is 3.90. The number of hydrogen-bond acceptors (Lipinski definition) is 5. The Labute approximate surface area is 110 Å². The summed E-state index contributed by atoms with van der Waals surface area (Å²) in [5.74, 6) is -0.647. The number of halogens is 2. The fourth-order valence-electron chi connectivity index (χ4n) is 1.34. The van der Waals surface area contributed by atoms with Crippen LogP contribution in [0.4, 0.5) is 21.5 Å². The van der Waals surface area contributed by atoms with Gasteiger partial charge in [-0.2, -0.15) is 0 Å². The predicted molar refractivity (Wildman–Crippen MR) is 71.4 cm³/mol. The molecule has 0 aliphatic carbocycles. The molecule has 0 unspecified atom stereocenters. The maximum absolute atomic E-state index is 13.7. The minimum atomic E-state index is -0.647. The maximum Gasteiger partial charge on any atom is 0.169 e. The molecule has 0 aromatic heterocycles. The molecule has 1 rings (SSSR count). The molecule has 0 bridgehead atoms. The van der Waals surface area contributed by atoms with E-state index in [2.05, 4.69) is 5.32 Å². The maximum atomic E-state index is 13.7. The van der Waals surface area contributed by atoms with Crippen LogP contribution in [0.1, 0.15) is 0 Å². The molecule has 7 heteroatoms. The molecule has 102 valence electrons. The zero-order valence-corrected chi connectivity index (χ0v) is 10.9. The van der Waals surface area contributed by atoms with Crippen molar-refractivity contribution in [1.82, 2.24) is 0 Å². The highest BCUT2D eigenvalue weighted by Gasteiger charge is 2.13. The van der Waals surface area contributed by atoms with Gasteiger partial charge in [0.1, 0.15) is 5.02 Å². The van der Waals surface area contributed by atoms with E-state index in [0.717, 1.165) is 0 Å². The van der Waals surface area contributed by atoms with Crippen molar-refractivity contribution in [2.24, 2.45) is 0 Å². The van der Waals surface area contributed by atoms with Crippen molar-refractivity contribution in [3.8, 4) is 0 Å². The summed E-state index contributed by atoms with van der Waals surface area (Å²) < 4.78 is 23.8. The van der Waals surface area contributed by atoms with Crippen LogP contribution in [0.2, 0.25) is 5.02 Å². The SMILES string of the molecule is COCCOCCNc1c(N)cc(N)c(Cl)c1F. The van der Waals surface area contributed by atoms with Crippen molar-refractivity contribution in [2.75, 3.05) is 50.3 Å². The third-order valence-electron chi connectivity index (χ3n) is 2.25. The van der Waals surface area contributed by atoms with Crippen LogP contribution in [-0.2, 0) is 9.47 Å². The number of ether oxygens (including phenoxy) is 2. The van der Waals surface area contributed by atoms with E-state index in [0.29, 0.717) is 26.4 Å². The number of hydrogen-bond donors (Lipinski definition) is 3. The minimum absolute atomic E-state index is 0.119. The van der Waals surface area contributed by atoms with Gasteiger partial charge in [-0.1, -0.05) is 11.6 Å². The van der Waals surface area contributed by atoms with Crippen LogP contribution in [-0.4, -0.2) is 33.5 Å². The molecule has 0 fully saturated rings. The van der Waals surface area contributed by atoms with Gasteiger partial charge < -0.3 is 26.3 Å². The molecule has 0 saturated carbocycles. The molecule has 0 atom stereocenters. The summed E-state index contributed by atoms with van der Waals surface area (Å²) in [6.07, 6.45) is 0. The Balaban J connectivity index is 2.50. The minimum Gasteiger partial charge on any atom is -0.397 e. The van der Waals surface area contributed by atoms with Crippen molar-refractivity contribution < 1.29 is 13.9 Å². The Kier molecular flexibility index (Phi) is 5.97. The quantitative estimate of drug-likeness (QED) is 0.522. The van der Waals surface area contributed by atoms with E-state index in [1.807, 2.05) is 0 Å². The number of anilines is 3. The topological polar surface area (TPSA) is 82.5 Å². The van der Waals surface area contributed by atoms with Gasteiger partial charge in [0.25, 0.3) is 0 Å². The Morgan fingerprint density at radius 3 is 2.67 bits per heavy atom. The number of benzene rings is 1. The number of methoxy groups -OCH3 is 1. The molecule has 18 heavy (non-hydrogen) atoms. The van der Waals surface area contributed by atoms with Crippen LogP contribution in [0.15, 0.2) is 6.07 Å². The van der Waals surface area contributed by atoms with E-state index < -0.39 is 5.82 Å². The van der Waals surface area contributed by atoms with Gasteiger partial charge in [0.05, 0.1) is 36.9 Å². The zero-order valence-electron chi connectivity index (χ0n) is 10.1. The number of nitrogens with two attached hydrogens (primary N) is 2. The van der Waals surface area contributed by atoms with Gasteiger partial charge in [-0.05, 0) is 6.07 Å². The van der Waals surface area contributed by atoms with E-state index in [1.165, 1.54) is 6.07 Å². The average Bonchev–Trinajstić information content (AvgIpc) is 2.34. The summed E-state index contributed by atoms with van der Waals surface area (Å²) >= 11 is 5.69. The molecule has 1 aromatic carbocycles. The van der Waals surface area contributed by atoms with Crippen molar-refractivity contribution >= 4 is 28.7 Å². The van der Waals surface area contributed by atoms with Gasteiger partial charge in [-0.3, -0.25) is 0 Å². The average molecular weight is 278 g/mol. The Morgan fingerprint density at radius 1 is 1.28 bits per heavy atom. The first-order valence-corrected chi connectivity index (χ1v) is 5.79. The second-order valence-electron chi connectivity index (χ2n) is 3.59. The Hall–Kier alpha value is -1.24. The highest BCUT2D eigenvalue weighted by molar-refractivity contribution is 6.33. The van der Waals surface area contributed by atoms with Crippen molar-refractivity contribution in [3.05, 3.63) is 16.9 Å². The van der Waals surface area contributed by atoms with Crippen LogP contribution in [0.3, 0.4) is 0 Å². The first-order valence-electron chi connectivity index (χ1n) is 5.41. The lowest BCUT2D eigenvalue weighted by atomic mass is 10.2. The molecule has 0 radical (unpaired) electrons. The van der Waals surface area contributed by atoms with E-state index >= 15 is 0 Å². The number of rotatable bonds is 7. The molecule has 0 heterocycles. The summed E-state index contributed by atoms with van der Waals surface area (Å²) in [5, 5.41) is 2.69. The summed E-state index contributed by atoms with van der Waals surface area (Å²) in [5.41, 5.74) is 11.6. The molecule has 5 nitrogen and oxygen atoms in total. The normalized spacial score (nSPS) is 10.6. The molecule has 5 N–H and O–H groups in total. The fraction of sp³-hybridized carbons (Fsp3) is 0.455. The van der Waals surface area contributed by atoms with Gasteiger partial charge in [-0.25, -0.2) is 4.39 Å². The Morgan fingerprint density at radius 2 is 2.00 bits per heavy atom. The molecule has 0 aliphatic heterocycles. The Bertz CT molecular complexity index is 404. The monoisotopic (exact) mass is 277 g/mol. The zero-order chi connectivity index (χ0) is 13.5. The van der Waals surface area contributed by atoms with Gasteiger partial charge >= 0.3 is 0 Å². The summed E-state index contributed by atoms with van der Waals surface area (Å²) in [4.78, 5) is 0. The van der Waals surface area contributed by atoms with Gasteiger partial charge in [-0.15, -0.1) is 0 Å². The fourth-order valence-corrected chi connectivity index (χ4v) is 1.49. The molecule has 0 saturated heterocycles. The smallest absolute Gasteiger partial charge is 0.169 e. The van der Waals surface area contributed by atoms with Crippen LogP contribution in [0, 0.1) is 5.82 Å². The van der Waals surface area contributed by atoms with Crippen LogP contribution in [0.25, 0.3) is 0 Å². The lowest BCUT2D eigenvalue weighted by molar-refractivity contribution is 0.0759. The first kappa shape index (κ1) is 14.8. The molecule has 1 aromatic rings. The van der Waals surface area contributed by atoms with Crippen molar-refractivity contribution in [1.29, 1.82) is 0 Å². The number of nitrogen functional groups attached to an aromatic ring is 2. The van der Waals surface area contributed by atoms with Crippen LogP contribution >= 0.6 is 11.6 Å². The second kappa shape index (κ2) is 7.25. The highest BCUT2D eigenvalue weighted by atomic mass is 35.5. The molecule has 0 amide bonds. The van der Waals surface area contributed by atoms with E-state index in [4.69, 9.17) is 32.5 Å². The molecule has 0 spiro atoms. The highest BCUT2D eigenvalue weighted by Crippen LogP contribution is 2.33. The predicted octanol–water partition coefficient (Wildman–Crippen LogP) is 1.72.